The van der Waals surface area contributed by atoms with Gasteiger partial charge in [0.05, 0.1) is 0 Å². The minimum Gasteiger partial charge on any atom is -0.329 e. The van der Waals surface area contributed by atoms with Crippen molar-refractivity contribution in [2.45, 2.75) is 76.3 Å². The summed E-state index contributed by atoms with van der Waals surface area (Å²) in [5, 5.41) is 0. The molecule has 3 unspecified atom stereocenters. The van der Waals surface area contributed by atoms with Gasteiger partial charge in [-0.2, -0.15) is 0 Å². The average molecular weight is 296 g/mol. The summed E-state index contributed by atoms with van der Waals surface area (Å²) >= 11 is 0. The van der Waals surface area contributed by atoms with E-state index in [4.69, 9.17) is 5.73 Å². The first-order valence-electron chi connectivity index (χ1n) is 9.23. The zero-order chi connectivity index (χ0) is 15.3. The summed E-state index contributed by atoms with van der Waals surface area (Å²) in [4.78, 5) is 5.18. The molecule has 0 amide bonds. The average Bonchev–Trinajstić information content (AvgIpc) is 2.70. The van der Waals surface area contributed by atoms with Crippen LogP contribution in [0.1, 0.15) is 64.7 Å². The van der Waals surface area contributed by atoms with E-state index in [1.54, 1.807) is 0 Å². The van der Waals surface area contributed by atoms with Crippen LogP contribution in [-0.2, 0) is 0 Å². The molecule has 3 heteroatoms. The molecule has 2 N–H and O–H groups in total. The molecule has 0 spiro atoms. The SMILES string of the molecule is CCCC1CCCC(CN)(N(C)C2CCCN(C)C2)CC1. The van der Waals surface area contributed by atoms with Gasteiger partial charge in [-0.05, 0) is 58.7 Å². The molecular weight excluding hydrogens is 258 g/mol. The van der Waals surface area contributed by atoms with E-state index in [2.05, 4.69) is 30.8 Å². The number of piperidine rings is 1. The monoisotopic (exact) mass is 295 g/mol. The zero-order valence-electron chi connectivity index (χ0n) is 14.6. The van der Waals surface area contributed by atoms with Gasteiger partial charge >= 0.3 is 0 Å². The van der Waals surface area contributed by atoms with Gasteiger partial charge in [0, 0.05) is 24.7 Å². The summed E-state index contributed by atoms with van der Waals surface area (Å²) < 4.78 is 0. The van der Waals surface area contributed by atoms with Gasteiger partial charge in [0.1, 0.15) is 0 Å². The highest BCUT2D eigenvalue weighted by Crippen LogP contribution is 2.37. The van der Waals surface area contributed by atoms with E-state index in [1.165, 1.54) is 70.9 Å². The normalized spacial score (nSPS) is 35.9. The summed E-state index contributed by atoms with van der Waals surface area (Å²) in [6.07, 6.45) is 12.2. The standard InChI is InChI=1S/C18H37N3/c1-4-7-16-8-5-11-18(15-19,12-10-16)21(3)17-9-6-13-20(2)14-17/h16-17H,4-15,19H2,1-3H3. The molecule has 3 atom stereocenters. The first-order chi connectivity index (χ1) is 10.1. The summed E-state index contributed by atoms with van der Waals surface area (Å²) in [6, 6.07) is 0.704. The number of hydrogen-bond acceptors (Lipinski definition) is 3. The second-order valence-corrected chi connectivity index (χ2v) is 7.68. The summed E-state index contributed by atoms with van der Waals surface area (Å²) in [7, 11) is 4.62. The molecule has 0 aromatic carbocycles. The molecule has 0 aromatic heterocycles. The molecule has 0 aromatic rings. The lowest BCUT2D eigenvalue weighted by Crippen LogP contribution is -2.59. The highest BCUT2D eigenvalue weighted by molar-refractivity contribution is 4.96. The van der Waals surface area contributed by atoms with Gasteiger partial charge in [-0.3, -0.25) is 4.90 Å². The molecule has 1 aliphatic heterocycles. The fourth-order valence-electron chi connectivity index (χ4n) is 4.70. The van der Waals surface area contributed by atoms with Crippen LogP contribution in [0, 0.1) is 5.92 Å². The number of likely N-dealkylation sites (N-methyl/N-ethyl adjacent to an activating group) is 2. The van der Waals surface area contributed by atoms with Crippen molar-refractivity contribution in [2.75, 3.05) is 33.7 Å². The second-order valence-electron chi connectivity index (χ2n) is 7.68. The highest BCUT2D eigenvalue weighted by atomic mass is 15.3. The van der Waals surface area contributed by atoms with Crippen LogP contribution in [0.5, 0.6) is 0 Å². The van der Waals surface area contributed by atoms with Crippen molar-refractivity contribution in [1.29, 1.82) is 0 Å². The van der Waals surface area contributed by atoms with Crippen LogP contribution in [0.4, 0.5) is 0 Å². The van der Waals surface area contributed by atoms with E-state index < -0.39 is 0 Å². The lowest BCUT2D eigenvalue weighted by Gasteiger charge is -2.48. The second kappa shape index (κ2) is 7.94. The number of nitrogens with two attached hydrogens (primary N) is 1. The zero-order valence-corrected chi connectivity index (χ0v) is 14.6. The quantitative estimate of drug-likeness (QED) is 0.791. The van der Waals surface area contributed by atoms with Gasteiger partial charge in [0.25, 0.3) is 0 Å². The molecule has 3 nitrogen and oxygen atoms in total. The predicted molar refractivity (Wildman–Crippen MR) is 91.6 cm³/mol. The van der Waals surface area contributed by atoms with Crippen LogP contribution in [0.15, 0.2) is 0 Å². The fraction of sp³-hybridized carbons (Fsp3) is 1.00. The van der Waals surface area contributed by atoms with Crippen molar-refractivity contribution in [2.24, 2.45) is 11.7 Å². The minimum atomic E-state index is 0.269. The van der Waals surface area contributed by atoms with Crippen molar-refractivity contribution in [1.82, 2.24) is 9.80 Å². The number of rotatable bonds is 5. The molecule has 2 rings (SSSR count). The lowest BCUT2D eigenvalue weighted by molar-refractivity contribution is 0.0275. The highest BCUT2D eigenvalue weighted by Gasteiger charge is 2.39. The third-order valence-electron chi connectivity index (χ3n) is 6.24. The molecule has 2 fully saturated rings. The Labute approximate surface area is 132 Å². The smallest absolute Gasteiger partial charge is 0.0332 e. The lowest BCUT2D eigenvalue weighted by atomic mass is 9.85. The van der Waals surface area contributed by atoms with Gasteiger partial charge in [0.15, 0.2) is 0 Å². The van der Waals surface area contributed by atoms with Gasteiger partial charge in [0.2, 0.25) is 0 Å². The Morgan fingerprint density at radius 3 is 2.67 bits per heavy atom. The van der Waals surface area contributed by atoms with Crippen LogP contribution in [0.2, 0.25) is 0 Å². The molecule has 0 radical (unpaired) electrons. The van der Waals surface area contributed by atoms with E-state index in [9.17, 15) is 0 Å². The minimum absolute atomic E-state index is 0.269. The summed E-state index contributed by atoms with van der Waals surface area (Å²) in [5.74, 6) is 0.950. The van der Waals surface area contributed by atoms with E-state index >= 15 is 0 Å². The van der Waals surface area contributed by atoms with E-state index in [0.29, 0.717) is 6.04 Å². The van der Waals surface area contributed by atoms with Crippen LogP contribution < -0.4 is 5.73 Å². The van der Waals surface area contributed by atoms with Crippen LogP contribution >= 0.6 is 0 Å². The molecule has 2 aliphatic rings. The van der Waals surface area contributed by atoms with E-state index in [-0.39, 0.29) is 5.54 Å². The van der Waals surface area contributed by atoms with Crippen LogP contribution in [0.25, 0.3) is 0 Å². The Morgan fingerprint density at radius 2 is 2.00 bits per heavy atom. The number of nitrogens with zero attached hydrogens (tertiary/aromatic N) is 2. The molecule has 0 bridgehead atoms. The predicted octanol–water partition coefficient (Wildman–Crippen LogP) is 3.09. The summed E-state index contributed by atoms with van der Waals surface area (Å²) in [5.41, 5.74) is 6.58. The molecule has 1 saturated heterocycles. The summed E-state index contributed by atoms with van der Waals surface area (Å²) in [6.45, 7) is 5.64. The van der Waals surface area contributed by atoms with Crippen LogP contribution in [0.3, 0.4) is 0 Å². The van der Waals surface area contributed by atoms with E-state index in [1.807, 2.05) is 0 Å². The maximum absolute atomic E-state index is 6.31. The Hall–Kier alpha value is -0.120. The molecule has 1 heterocycles. The van der Waals surface area contributed by atoms with Crippen LogP contribution in [-0.4, -0.2) is 55.1 Å². The van der Waals surface area contributed by atoms with Crippen molar-refractivity contribution < 1.29 is 0 Å². The number of likely N-dealkylation sites (tertiary alicyclic amines) is 1. The van der Waals surface area contributed by atoms with Crippen molar-refractivity contribution >= 4 is 0 Å². The van der Waals surface area contributed by atoms with Crippen molar-refractivity contribution in [3.05, 3.63) is 0 Å². The van der Waals surface area contributed by atoms with Gasteiger partial charge < -0.3 is 10.6 Å². The fourth-order valence-corrected chi connectivity index (χ4v) is 4.70. The topological polar surface area (TPSA) is 32.5 Å². The Balaban J connectivity index is 2.02. The maximum Gasteiger partial charge on any atom is 0.0332 e. The Bertz CT molecular complexity index is 307. The van der Waals surface area contributed by atoms with Gasteiger partial charge in [-0.15, -0.1) is 0 Å². The Morgan fingerprint density at radius 1 is 1.19 bits per heavy atom. The number of hydrogen-bond donors (Lipinski definition) is 1. The Kier molecular flexibility index (Phi) is 6.51. The first kappa shape index (κ1) is 17.2. The first-order valence-corrected chi connectivity index (χ1v) is 9.23. The van der Waals surface area contributed by atoms with E-state index in [0.717, 1.165) is 12.5 Å². The third-order valence-corrected chi connectivity index (χ3v) is 6.24. The molecule has 124 valence electrons. The largest absolute Gasteiger partial charge is 0.329 e. The molecule has 1 aliphatic carbocycles. The molecule has 21 heavy (non-hydrogen) atoms. The van der Waals surface area contributed by atoms with Crippen molar-refractivity contribution in [3.63, 3.8) is 0 Å². The third kappa shape index (κ3) is 4.20. The van der Waals surface area contributed by atoms with Gasteiger partial charge in [-0.25, -0.2) is 0 Å². The molecular formula is C18H37N3. The maximum atomic E-state index is 6.31. The van der Waals surface area contributed by atoms with Crippen molar-refractivity contribution in [3.8, 4) is 0 Å². The van der Waals surface area contributed by atoms with Gasteiger partial charge in [-0.1, -0.05) is 32.6 Å². The molecule has 1 saturated carbocycles.